The fraction of sp³-hybridized carbons (Fsp3) is 0.316. The molecule has 2 aromatic carbocycles. The topological polar surface area (TPSA) is 45.7 Å². The molecule has 0 atom stereocenters. The Kier molecular flexibility index (Phi) is 7.70. The Morgan fingerprint density at radius 2 is 1.84 bits per heavy atom. The molecule has 134 valence electrons. The molecule has 6 heteroatoms. The summed E-state index contributed by atoms with van der Waals surface area (Å²) < 4.78 is 18.7. The maximum Gasteiger partial charge on any atom is 0.191 e. The molecule has 2 N–H and O–H groups in total. The number of methoxy groups -OCH3 is 1. The van der Waals surface area contributed by atoms with Crippen molar-refractivity contribution in [2.75, 3.05) is 13.7 Å². The van der Waals surface area contributed by atoms with Crippen LogP contribution in [0.1, 0.15) is 23.6 Å². The number of hydrogen-bond acceptors (Lipinski definition) is 2. The lowest BCUT2D eigenvalue weighted by atomic mass is 10.1. The standard InChI is InChI=1S/C19H23ClFN3O/c1-3-22-19(23-11-14-4-7-17(20)8-5-14)24-12-15-6-9-18(21)16(10-15)13-25-2/h4-10H,3,11-13H2,1-2H3,(H2,22,23,24). The van der Waals surface area contributed by atoms with E-state index >= 15 is 0 Å². The summed E-state index contributed by atoms with van der Waals surface area (Å²) in [6.07, 6.45) is 0. The number of benzene rings is 2. The Morgan fingerprint density at radius 1 is 1.12 bits per heavy atom. The van der Waals surface area contributed by atoms with Gasteiger partial charge in [0, 0.05) is 30.8 Å². The summed E-state index contributed by atoms with van der Waals surface area (Å²) in [6.45, 7) is 4.10. The van der Waals surface area contributed by atoms with Crippen LogP contribution in [0.5, 0.6) is 0 Å². The highest BCUT2D eigenvalue weighted by Gasteiger charge is 2.04. The molecule has 0 saturated carbocycles. The van der Waals surface area contributed by atoms with Crippen LogP contribution in [0.25, 0.3) is 0 Å². The van der Waals surface area contributed by atoms with Crippen LogP contribution < -0.4 is 10.6 Å². The van der Waals surface area contributed by atoms with Crippen molar-refractivity contribution >= 4 is 17.6 Å². The van der Waals surface area contributed by atoms with Gasteiger partial charge in [0.1, 0.15) is 5.82 Å². The van der Waals surface area contributed by atoms with Gasteiger partial charge in [-0.05, 0) is 42.3 Å². The molecular weight excluding hydrogens is 341 g/mol. The molecule has 25 heavy (non-hydrogen) atoms. The summed E-state index contributed by atoms with van der Waals surface area (Å²) in [4.78, 5) is 4.55. The van der Waals surface area contributed by atoms with Crippen molar-refractivity contribution in [3.63, 3.8) is 0 Å². The second kappa shape index (κ2) is 10.0. The average molecular weight is 364 g/mol. The van der Waals surface area contributed by atoms with Crippen molar-refractivity contribution in [1.29, 1.82) is 0 Å². The first-order chi connectivity index (χ1) is 12.1. The Hall–Kier alpha value is -2.11. The third kappa shape index (κ3) is 6.36. The zero-order chi connectivity index (χ0) is 18.1. The molecule has 0 aromatic heterocycles. The summed E-state index contributed by atoms with van der Waals surface area (Å²) >= 11 is 5.90. The van der Waals surface area contributed by atoms with Crippen molar-refractivity contribution < 1.29 is 9.13 Å². The highest BCUT2D eigenvalue weighted by atomic mass is 35.5. The van der Waals surface area contributed by atoms with Gasteiger partial charge in [-0.1, -0.05) is 29.8 Å². The molecule has 0 heterocycles. The first kappa shape index (κ1) is 19.2. The molecule has 0 aliphatic rings. The van der Waals surface area contributed by atoms with Crippen LogP contribution in [0, 0.1) is 5.82 Å². The predicted octanol–water partition coefficient (Wildman–Crippen LogP) is 3.88. The molecule has 0 fully saturated rings. The van der Waals surface area contributed by atoms with E-state index in [1.807, 2.05) is 31.2 Å². The van der Waals surface area contributed by atoms with Gasteiger partial charge in [0.05, 0.1) is 13.2 Å². The van der Waals surface area contributed by atoms with Crippen molar-refractivity contribution in [3.8, 4) is 0 Å². The third-order valence-corrected chi connectivity index (χ3v) is 3.80. The molecule has 0 aliphatic heterocycles. The van der Waals surface area contributed by atoms with Gasteiger partial charge in [-0.15, -0.1) is 0 Å². The lowest BCUT2D eigenvalue weighted by molar-refractivity contribution is 0.181. The quantitative estimate of drug-likeness (QED) is 0.579. The monoisotopic (exact) mass is 363 g/mol. The van der Waals surface area contributed by atoms with E-state index in [-0.39, 0.29) is 12.4 Å². The van der Waals surface area contributed by atoms with Gasteiger partial charge in [-0.2, -0.15) is 0 Å². The fourth-order valence-corrected chi connectivity index (χ4v) is 2.42. The summed E-state index contributed by atoms with van der Waals surface area (Å²) in [6, 6.07) is 12.6. The lowest BCUT2D eigenvalue weighted by Gasteiger charge is -2.12. The van der Waals surface area contributed by atoms with E-state index < -0.39 is 0 Å². The molecule has 2 rings (SSSR count). The third-order valence-electron chi connectivity index (χ3n) is 3.55. The van der Waals surface area contributed by atoms with Crippen LogP contribution in [0.2, 0.25) is 5.02 Å². The van der Waals surface area contributed by atoms with E-state index in [4.69, 9.17) is 16.3 Å². The number of guanidine groups is 1. The summed E-state index contributed by atoms with van der Waals surface area (Å²) in [7, 11) is 1.55. The number of halogens is 2. The number of aliphatic imine (C=N–C) groups is 1. The zero-order valence-electron chi connectivity index (χ0n) is 14.5. The number of ether oxygens (including phenoxy) is 1. The van der Waals surface area contributed by atoms with Crippen LogP contribution in [-0.2, 0) is 24.4 Å². The second-order valence-corrected chi connectivity index (χ2v) is 5.97. The first-order valence-electron chi connectivity index (χ1n) is 8.15. The van der Waals surface area contributed by atoms with E-state index in [9.17, 15) is 4.39 Å². The Morgan fingerprint density at radius 3 is 2.52 bits per heavy atom. The Balaban J connectivity index is 2.01. The summed E-state index contributed by atoms with van der Waals surface area (Å²) in [5, 5.41) is 7.19. The van der Waals surface area contributed by atoms with Crippen LogP contribution in [0.3, 0.4) is 0 Å². The van der Waals surface area contributed by atoms with Gasteiger partial charge in [-0.3, -0.25) is 0 Å². The highest BCUT2D eigenvalue weighted by molar-refractivity contribution is 6.30. The first-order valence-corrected chi connectivity index (χ1v) is 8.53. The van der Waals surface area contributed by atoms with Crippen LogP contribution in [0.15, 0.2) is 47.5 Å². The van der Waals surface area contributed by atoms with E-state index in [0.717, 1.165) is 17.7 Å². The highest BCUT2D eigenvalue weighted by Crippen LogP contribution is 2.13. The van der Waals surface area contributed by atoms with Crippen molar-refractivity contribution in [2.24, 2.45) is 4.99 Å². The Bertz CT molecular complexity index is 704. The normalized spacial score (nSPS) is 11.4. The fourth-order valence-electron chi connectivity index (χ4n) is 2.29. The van der Waals surface area contributed by atoms with Gasteiger partial charge in [0.2, 0.25) is 0 Å². The SMILES string of the molecule is CCNC(=NCc1ccc(F)c(COC)c1)NCc1ccc(Cl)cc1. The number of nitrogens with zero attached hydrogens (tertiary/aromatic N) is 1. The molecule has 0 bridgehead atoms. The number of hydrogen-bond donors (Lipinski definition) is 2. The van der Waals surface area contributed by atoms with Crippen molar-refractivity contribution in [1.82, 2.24) is 10.6 Å². The molecule has 4 nitrogen and oxygen atoms in total. The maximum atomic E-state index is 13.7. The predicted molar refractivity (Wildman–Crippen MR) is 100 cm³/mol. The maximum absolute atomic E-state index is 13.7. The zero-order valence-corrected chi connectivity index (χ0v) is 15.2. The van der Waals surface area contributed by atoms with Crippen LogP contribution in [-0.4, -0.2) is 19.6 Å². The van der Waals surface area contributed by atoms with Gasteiger partial charge < -0.3 is 15.4 Å². The van der Waals surface area contributed by atoms with E-state index in [1.54, 1.807) is 19.2 Å². The molecule has 0 radical (unpaired) electrons. The van der Waals surface area contributed by atoms with Crippen LogP contribution >= 0.6 is 11.6 Å². The van der Waals surface area contributed by atoms with Gasteiger partial charge >= 0.3 is 0 Å². The summed E-state index contributed by atoms with van der Waals surface area (Å²) in [5.41, 5.74) is 2.57. The molecule has 0 amide bonds. The number of nitrogens with one attached hydrogen (secondary N) is 2. The minimum atomic E-state index is -0.262. The largest absolute Gasteiger partial charge is 0.380 e. The second-order valence-electron chi connectivity index (χ2n) is 5.53. The average Bonchev–Trinajstić information content (AvgIpc) is 2.61. The molecule has 2 aromatic rings. The summed E-state index contributed by atoms with van der Waals surface area (Å²) in [5.74, 6) is 0.442. The van der Waals surface area contributed by atoms with Crippen LogP contribution in [0.4, 0.5) is 4.39 Å². The molecule has 0 aliphatic carbocycles. The lowest BCUT2D eigenvalue weighted by Crippen LogP contribution is -2.36. The van der Waals surface area contributed by atoms with Gasteiger partial charge in [-0.25, -0.2) is 9.38 Å². The smallest absolute Gasteiger partial charge is 0.191 e. The van der Waals surface area contributed by atoms with E-state index in [2.05, 4.69) is 15.6 Å². The molecule has 0 unspecified atom stereocenters. The Labute approximate surface area is 153 Å². The number of rotatable bonds is 7. The van der Waals surface area contributed by atoms with Crippen molar-refractivity contribution in [3.05, 3.63) is 70.0 Å². The minimum absolute atomic E-state index is 0.248. The molecule has 0 spiro atoms. The van der Waals surface area contributed by atoms with Gasteiger partial charge in [0.25, 0.3) is 0 Å². The van der Waals surface area contributed by atoms with Gasteiger partial charge in [0.15, 0.2) is 5.96 Å². The van der Waals surface area contributed by atoms with E-state index in [1.165, 1.54) is 6.07 Å². The molecular formula is C19H23ClFN3O. The minimum Gasteiger partial charge on any atom is -0.380 e. The van der Waals surface area contributed by atoms with E-state index in [0.29, 0.717) is 29.6 Å². The van der Waals surface area contributed by atoms with Crippen molar-refractivity contribution in [2.45, 2.75) is 26.6 Å². The molecule has 0 saturated heterocycles.